The van der Waals surface area contributed by atoms with Crippen LogP contribution < -0.4 is 4.74 Å². The van der Waals surface area contributed by atoms with Crippen LogP contribution in [0.1, 0.15) is 22.3 Å². The molecule has 0 radical (unpaired) electrons. The number of hydrogen-bond donors (Lipinski definition) is 0. The average molecular weight is 543 g/mol. The van der Waals surface area contributed by atoms with Gasteiger partial charge in [-0.3, -0.25) is 0 Å². The molecule has 0 saturated heterocycles. The van der Waals surface area contributed by atoms with Crippen LogP contribution in [0.4, 0.5) is 0 Å². The highest BCUT2D eigenvalue weighted by Crippen LogP contribution is 2.63. The Balaban J connectivity index is 1.38. The van der Waals surface area contributed by atoms with Crippen molar-refractivity contribution in [2.75, 3.05) is 0 Å². The summed E-state index contributed by atoms with van der Waals surface area (Å²) in [5.74, 6) is 1.68. The quantitative estimate of drug-likeness (QED) is 0.187. The Morgan fingerprint density at radius 2 is 1.12 bits per heavy atom. The fourth-order valence-electron chi connectivity index (χ4n) is 7.33. The molecule has 41 heavy (non-hydrogen) atoms. The Bertz CT molecular complexity index is 2160. The van der Waals surface area contributed by atoms with Gasteiger partial charge >= 0.3 is 0 Å². The van der Waals surface area contributed by atoms with Crippen LogP contribution in [0.15, 0.2) is 140 Å². The lowest BCUT2D eigenvalue weighted by Gasteiger charge is -2.40. The molecule has 1 heterocycles. The summed E-state index contributed by atoms with van der Waals surface area (Å²) >= 11 is 7.08. The van der Waals surface area contributed by atoms with Crippen molar-refractivity contribution in [3.63, 3.8) is 0 Å². The van der Waals surface area contributed by atoms with Crippen LogP contribution in [0.3, 0.4) is 0 Å². The van der Waals surface area contributed by atoms with E-state index in [4.69, 9.17) is 16.3 Å². The molecule has 1 nitrogen and oxygen atoms in total. The van der Waals surface area contributed by atoms with Crippen molar-refractivity contribution >= 4 is 33.1 Å². The predicted octanol–water partition coefficient (Wildman–Crippen LogP) is 10.8. The molecule has 0 saturated carbocycles. The monoisotopic (exact) mass is 542 g/mol. The first-order valence-electron chi connectivity index (χ1n) is 14.0. The van der Waals surface area contributed by atoms with E-state index < -0.39 is 5.41 Å². The van der Waals surface area contributed by atoms with Crippen molar-refractivity contribution in [2.24, 2.45) is 0 Å². The lowest BCUT2D eigenvalue weighted by atomic mass is 9.65. The predicted molar refractivity (Wildman–Crippen MR) is 169 cm³/mol. The Hall–Kier alpha value is -4.85. The fourth-order valence-corrected chi connectivity index (χ4v) is 7.59. The molecule has 1 aliphatic heterocycles. The van der Waals surface area contributed by atoms with E-state index in [0.29, 0.717) is 5.02 Å². The van der Waals surface area contributed by atoms with E-state index in [1.165, 1.54) is 43.8 Å². The van der Waals surface area contributed by atoms with Crippen molar-refractivity contribution < 1.29 is 4.74 Å². The van der Waals surface area contributed by atoms with E-state index in [-0.39, 0.29) is 0 Å². The van der Waals surface area contributed by atoms with Crippen molar-refractivity contribution in [1.29, 1.82) is 0 Å². The van der Waals surface area contributed by atoms with Gasteiger partial charge < -0.3 is 4.74 Å². The third kappa shape index (κ3) is 2.96. The van der Waals surface area contributed by atoms with Gasteiger partial charge in [-0.15, -0.1) is 0 Å². The molecule has 0 bridgehead atoms. The molecule has 7 aromatic carbocycles. The van der Waals surface area contributed by atoms with E-state index in [2.05, 4.69) is 133 Å². The first-order valence-corrected chi connectivity index (χ1v) is 14.3. The zero-order valence-electron chi connectivity index (χ0n) is 22.1. The van der Waals surface area contributed by atoms with Crippen LogP contribution in [-0.2, 0) is 5.41 Å². The Kier molecular flexibility index (Phi) is 4.66. The van der Waals surface area contributed by atoms with E-state index in [1.807, 2.05) is 6.07 Å². The van der Waals surface area contributed by atoms with Gasteiger partial charge in [0.25, 0.3) is 0 Å². The topological polar surface area (TPSA) is 9.23 Å². The fraction of sp³-hybridized carbons (Fsp3) is 0.0256. The highest BCUT2D eigenvalue weighted by Gasteiger charge is 2.51. The van der Waals surface area contributed by atoms with Crippen molar-refractivity contribution in [1.82, 2.24) is 0 Å². The van der Waals surface area contributed by atoms with Gasteiger partial charge in [-0.05, 0) is 67.6 Å². The van der Waals surface area contributed by atoms with Crippen LogP contribution in [0.2, 0.25) is 5.02 Å². The van der Waals surface area contributed by atoms with Gasteiger partial charge in [0.2, 0.25) is 0 Å². The second-order valence-electron chi connectivity index (χ2n) is 11.0. The third-order valence-electron chi connectivity index (χ3n) is 9.00. The van der Waals surface area contributed by atoms with Gasteiger partial charge in [0.1, 0.15) is 11.5 Å². The van der Waals surface area contributed by atoms with Crippen LogP contribution >= 0.6 is 11.6 Å². The molecule has 2 aliphatic rings. The van der Waals surface area contributed by atoms with Crippen molar-refractivity contribution in [3.8, 4) is 33.8 Å². The summed E-state index contributed by atoms with van der Waals surface area (Å²) < 4.78 is 6.86. The second-order valence-corrected chi connectivity index (χ2v) is 11.4. The van der Waals surface area contributed by atoms with Gasteiger partial charge in [0, 0.05) is 16.7 Å². The van der Waals surface area contributed by atoms with Crippen LogP contribution in [0, 0.1) is 0 Å². The number of benzene rings is 7. The molecule has 9 rings (SSSR count). The summed E-state index contributed by atoms with van der Waals surface area (Å²) in [6, 6.07) is 49.8. The van der Waals surface area contributed by atoms with E-state index in [1.54, 1.807) is 0 Å². The summed E-state index contributed by atoms with van der Waals surface area (Å²) in [5.41, 5.74) is 8.81. The maximum absolute atomic E-state index is 7.08. The maximum Gasteiger partial charge on any atom is 0.141 e. The van der Waals surface area contributed by atoms with E-state index in [0.717, 1.165) is 33.8 Å². The standard InChI is InChI=1S/C39H23ClO/c40-35-22-21-34-38(37(35)26-19-20-28-25(23-26)18-17-24-9-1-2-10-27(24)28)41-36-16-8-7-15-33(36)39(34)31-13-5-3-11-29(31)30-12-4-6-14-32(30)39/h1-23H. The zero-order chi connectivity index (χ0) is 27.1. The van der Waals surface area contributed by atoms with Gasteiger partial charge in [-0.2, -0.15) is 0 Å². The summed E-state index contributed by atoms with van der Waals surface area (Å²) in [6.07, 6.45) is 0. The van der Waals surface area contributed by atoms with E-state index in [9.17, 15) is 0 Å². The minimum absolute atomic E-state index is 0.510. The number of hydrogen-bond acceptors (Lipinski definition) is 1. The molecule has 7 aromatic rings. The third-order valence-corrected chi connectivity index (χ3v) is 9.31. The van der Waals surface area contributed by atoms with Crippen LogP contribution in [0.25, 0.3) is 43.8 Å². The largest absolute Gasteiger partial charge is 0.456 e. The maximum atomic E-state index is 7.08. The highest BCUT2D eigenvalue weighted by atomic mass is 35.5. The normalized spacial score (nSPS) is 13.9. The van der Waals surface area contributed by atoms with E-state index >= 15 is 0 Å². The number of halogens is 1. The van der Waals surface area contributed by atoms with Gasteiger partial charge in [-0.25, -0.2) is 0 Å². The molecule has 0 amide bonds. The minimum Gasteiger partial charge on any atom is -0.456 e. The molecular weight excluding hydrogens is 520 g/mol. The summed E-state index contributed by atoms with van der Waals surface area (Å²) in [5, 5.41) is 5.58. The average Bonchev–Trinajstić information content (AvgIpc) is 3.32. The zero-order valence-corrected chi connectivity index (χ0v) is 22.8. The number of rotatable bonds is 1. The SMILES string of the molecule is Clc1ccc2c(c1-c1ccc3c(ccc4ccccc43)c1)Oc1ccccc1C21c2ccccc2-c2ccccc21. The van der Waals surface area contributed by atoms with Crippen molar-refractivity contribution in [2.45, 2.75) is 5.41 Å². The summed E-state index contributed by atoms with van der Waals surface area (Å²) in [4.78, 5) is 0. The molecule has 0 fully saturated rings. The van der Waals surface area contributed by atoms with Gasteiger partial charge in [0.15, 0.2) is 0 Å². The molecule has 1 aliphatic carbocycles. The number of fused-ring (bicyclic) bond motifs is 12. The van der Waals surface area contributed by atoms with Gasteiger partial charge in [-0.1, -0.05) is 133 Å². The number of para-hydroxylation sites is 1. The molecule has 0 N–H and O–H groups in total. The first kappa shape index (κ1) is 22.9. The summed E-state index contributed by atoms with van der Waals surface area (Å²) in [6.45, 7) is 0. The molecule has 0 unspecified atom stereocenters. The molecular formula is C39H23ClO. The van der Waals surface area contributed by atoms with Crippen molar-refractivity contribution in [3.05, 3.63) is 167 Å². The summed E-state index contributed by atoms with van der Waals surface area (Å²) in [7, 11) is 0. The molecule has 1 spiro atoms. The number of ether oxygens (including phenoxy) is 1. The smallest absolute Gasteiger partial charge is 0.141 e. The first-order chi connectivity index (χ1) is 20.2. The molecule has 192 valence electrons. The van der Waals surface area contributed by atoms with Gasteiger partial charge in [0.05, 0.1) is 10.4 Å². The second kappa shape index (κ2) is 8.33. The molecule has 0 aromatic heterocycles. The highest BCUT2D eigenvalue weighted by molar-refractivity contribution is 6.34. The molecule has 2 heteroatoms. The van der Waals surface area contributed by atoms with Crippen LogP contribution in [0.5, 0.6) is 11.5 Å². The molecule has 0 atom stereocenters. The lowest BCUT2D eigenvalue weighted by molar-refractivity contribution is 0.438. The minimum atomic E-state index is -0.510. The van der Waals surface area contributed by atoms with Crippen LogP contribution in [-0.4, -0.2) is 0 Å². The Morgan fingerprint density at radius 3 is 1.93 bits per heavy atom. The Labute approximate surface area is 243 Å². The Morgan fingerprint density at radius 1 is 0.488 bits per heavy atom. The lowest BCUT2D eigenvalue weighted by Crippen LogP contribution is -2.32.